The van der Waals surface area contributed by atoms with Gasteiger partial charge >= 0.3 is 0 Å². The number of rotatable bonds is 6. The Morgan fingerprint density at radius 3 is 2.19 bits per heavy atom. The Labute approximate surface area is 161 Å². The highest BCUT2D eigenvalue weighted by molar-refractivity contribution is 6.74. The Morgan fingerprint density at radius 2 is 1.69 bits per heavy atom. The van der Waals surface area contributed by atoms with Crippen LogP contribution in [0.2, 0.25) is 18.1 Å². The topological polar surface area (TPSA) is 44.8 Å². The van der Waals surface area contributed by atoms with Crippen LogP contribution in [0.1, 0.15) is 73.6 Å². The Kier molecular flexibility index (Phi) is 6.20. The number of hydrogen-bond acceptors (Lipinski definition) is 4. The van der Waals surface area contributed by atoms with Gasteiger partial charge in [-0.05, 0) is 57.7 Å². The summed E-state index contributed by atoms with van der Waals surface area (Å²) in [6, 6.07) is 0. The first-order valence-corrected chi connectivity index (χ1v) is 13.2. The highest BCUT2D eigenvalue weighted by Gasteiger charge is 2.62. The second-order valence-electron chi connectivity index (χ2n) is 10.3. The van der Waals surface area contributed by atoms with Crippen molar-refractivity contribution in [3.05, 3.63) is 0 Å². The van der Waals surface area contributed by atoms with Crippen LogP contribution >= 0.6 is 0 Å². The molecular formula is C21H40O4Si. The van der Waals surface area contributed by atoms with Crippen LogP contribution in [-0.4, -0.2) is 39.7 Å². The molecule has 2 aliphatic rings. The van der Waals surface area contributed by atoms with Crippen LogP contribution in [0, 0.1) is 10.8 Å². The van der Waals surface area contributed by atoms with E-state index in [2.05, 4.69) is 40.8 Å². The molecule has 1 heterocycles. The van der Waals surface area contributed by atoms with E-state index in [-0.39, 0.29) is 10.5 Å². The van der Waals surface area contributed by atoms with Crippen molar-refractivity contribution in [2.24, 2.45) is 10.8 Å². The summed E-state index contributed by atoms with van der Waals surface area (Å²) in [5, 5.41) is 0.224. The molecule has 1 spiro atoms. The monoisotopic (exact) mass is 384 g/mol. The quantitative estimate of drug-likeness (QED) is 0.459. The maximum atomic E-state index is 13.5. The van der Waals surface area contributed by atoms with Crippen LogP contribution in [0.15, 0.2) is 0 Å². The van der Waals surface area contributed by atoms with Crippen LogP contribution < -0.4 is 0 Å². The molecule has 1 unspecified atom stereocenters. The van der Waals surface area contributed by atoms with E-state index in [0.717, 1.165) is 38.7 Å². The molecule has 1 aliphatic heterocycles. The third kappa shape index (κ3) is 3.69. The van der Waals surface area contributed by atoms with Crippen molar-refractivity contribution in [3.63, 3.8) is 0 Å². The van der Waals surface area contributed by atoms with E-state index in [9.17, 15) is 4.79 Å². The predicted molar refractivity (Wildman–Crippen MR) is 108 cm³/mol. The Morgan fingerprint density at radius 1 is 1.12 bits per heavy atom. The van der Waals surface area contributed by atoms with Crippen molar-refractivity contribution in [1.82, 2.24) is 0 Å². The molecule has 0 N–H and O–H groups in total. The first-order valence-electron chi connectivity index (χ1n) is 10.3. The minimum absolute atomic E-state index is 0.224. The molecule has 0 aromatic heterocycles. The lowest BCUT2D eigenvalue weighted by atomic mass is 9.57. The van der Waals surface area contributed by atoms with Gasteiger partial charge in [0.1, 0.15) is 5.78 Å². The van der Waals surface area contributed by atoms with Gasteiger partial charge in [-0.3, -0.25) is 4.79 Å². The lowest BCUT2D eigenvalue weighted by molar-refractivity contribution is -0.248. The summed E-state index contributed by atoms with van der Waals surface area (Å²) in [4.78, 5) is 13.5. The van der Waals surface area contributed by atoms with Crippen LogP contribution in [0.3, 0.4) is 0 Å². The SMILES string of the molecule is CCC1(CCCO[Si](C)(C)C(C)(C)C)CCC2(OCCO2)C(C)(C)C1=O. The third-order valence-electron chi connectivity index (χ3n) is 7.43. The lowest BCUT2D eigenvalue weighted by Gasteiger charge is -2.52. The van der Waals surface area contributed by atoms with Gasteiger partial charge in [0, 0.05) is 18.4 Å². The van der Waals surface area contributed by atoms with Gasteiger partial charge in [-0.1, -0.05) is 27.7 Å². The van der Waals surface area contributed by atoms with Gasteiger partial charge in [0.15, 0.2) is 14.1 Å². The van der Waals surface area contributed by atoms with Gasteiger partial charge in [0.05, 0.1) is 18.6 Å². The van der Waals surface area contributed by atoms with E-state index in [4.69, 9.17) is 13.9 Å². The molecule has 0 bridgehead atoms. The van der Waals surface area contributed by atoms with Crippen molar-refractivity contribution < 1.29 is 18.7 Å². The summed E-state index contributed by atoms with van der Waals surface area (Å²) >= 11 is 0. The van der Waals surface area contributed by atoms with E-state index in [1.54, 1.807) is 0 Å². The molecule has 26 heavy (non-hydrogen) atoms. The van der Waals surface area contributed by atoms with Gasteiger partial charge in [0.2, 0.25) is 0 Å². The zero-order chi connectivity index (χ0) is 19.9. The van der Waals surface area contributed by atoms with Crippen molar-refractivity contribution in [2.45, 2.75) is 97.6 Å². The van der Waals surface area contributed by atoms with Gasteiger partial charge in [-0.15, -0.1) is 0 Å². The summed E-state index contributed by atoms with van der Waals surface area (Å²) in [5.41, 5.74) is -0.862. The zero-order valence-electron chi connectivity index (χ0n) is 18.3. The van der Waals surface area contributed by atoms with E-state index >= 15 is 0 Å². The number of carbonyl (C=O) groups excluding carboxylic acids is 1. The fourth-order valence-corrected chi connectivity index (χ4v) is 5.42. The molecule has 0 aromatic carbocycles. The number of hydrogen-bond donors (Lipinski definition) is 0. The molecule has 0 aromatic rings. The number of carbonyl (C=O) groups is 1. The molecule has 1 atom stereocenters. The normalized spacial score (nSPS) is 28.7. The second-order valence-corrected chi connectivity index (χ2v) is 15.1. The molecule has 0 amide bonds. The van der Waals surface area contributed by atoms with Crippen molar-refractivity contribution in [1.29, 1.82) is 0 Å². The largest absolute Gasteiger partial charge is 0.417 e. The zero-order valence-corrected chi connectivity index (χ0v) is 19.3. The van der Waals surface area contributed by atoms with E-state index in [1.165, 1.54) is 0 Å². The molecule has 5 heteroatoms. The predicted octanol–water partition coefficient (Wildman–Crippen LogP) is 5.32. The molecule has 152 valence electrons. The first-order chi connectivity index (χ1) is 11.8. The van der Waals surface area contributed by atoms with Crippen molar-refractivity contribution in [3.8, 4) is 0 Å². The Hall–Kier alpha value is -0.233. The van der Waals surface area contributed by atoms with E-state index < -0.39 is 19.5 Å². The molecule has 1 saturated carbocycles. The minimum atomic E-state index is -1.72. The van der Waals surface area contributed by atoms with Gasteiger partial charge < -0.3 is 13.9 Å². The molecular weight excluding hydrogens is 344 g/mol. The molecule has 0 radical (unpaired) electrons. The average Bonchev–Trinajstić information content (AvgIpc) is 3.02. The van der Waals surface area contributed by atoms with Crippen LogP contribution in [0.25, 0.3) is 0 Å². The maximum Gasteiger partial charge on any atom is 0.191 e. The smallest absolute Gasteiger partial charge is 0.191 e. The number of Topliss-reactive ketones (excluding diaryl/α,β-unsaturated/α-hetero) is 1. The van der Waals surface area contributed by atoms with Crippen LogP contribution in [0.4, 0.5) is 0 Å². The molecule has 2 fully saturated rings. The molecule has 2 rings (SSSR count). The van der Waals surface area contributed by atoms with Gasteiger partial charge in [0.25, 0.3) is 0 Å². The Bertz CT molecular complexity index is 515. The van der Waals surface area contributed by atoms with Crippen molar-refractivity contribution >= 4 is 14.1 Å². The minimum Gasteiger partial charge on any atom is -0.417 e. The molecule has 1 aliphatic carbocycles. The summed E-state index contributed by atoms with van der Waals surface area (Å²) < 4.78 is 18.2. The second kappa shape index (κ2) is 7.30. The summed E-state index contributed by atoms with van der Waals surface area (Å²) in [6.45, 7) is 19.5. The maximum absolute atomic E-state index is 13.5. The fourth-order valence-electron chi connectivity index (χ4n) is 4.33. The first kappa shape index (κ1) is 22.1. The third-order valence-corrected chi connectivity index (χ3v) is 12.0. The standard InChI is InChI=1S/C21H40O4Si/c1-9-20(11-10-14-25-26(7,8)18(2,3)4)12-13-21(23-15-16-24-21)19(5,6)17(20)22/h9-16H2,1-8H3. The molecule has 1 saturated heterocycles. The van der Waals surface area contributed by atoms with E-state index in [1.807, 2.05) is 13.8 Å². The van der Waals surface area contributed by atoms with Crippen LogP contribution in [0.5, 0.6) is 0 Å². The molecule has 4 nitrogen and oxygen atoms in total. The average molecular weight is 385 g/mol. The van der Waals surface area contributed by atoms with Crippen molar-refractivity contribution in [2.75, 3.05) is 19.8 Å². The highest BCUT2D eigenvalue weighted by Crippen LogP contribution is 2.55. The summed E-state index contributed by atoms with van der Waals surface area (Å²) in [6.07, 6.45) is 4.38. The number of ketones is 1. The summed E-state index contributed by atoms with van der Waals surface area (Å²) in [5.74, 6) is -0.395. The van der Waals surface area contributed by atoms with Gasteiger partial charge in [-0.2, -0.15) is 0 Å². The van der Waals surface area contributed by atoms with Crippen LogP contribution in [-0.2, 0) is 18.7 Å². The highest BCUT2D eigenvalue weighted by atomic mass is 28.4. The Balaban J connectivity index is 2.02. The summed E-state index contributed by atoms with van der Waals surface area (Å²) in [7, 11) is -1.72. The lowest BCUT2D eigenvalue weighted by Crippen LogP contribution is -2.59. The number of ether oxygens (including phenoxy) is 2. The van der Waals surface area contributed by atoms with Gasteiger partial charge in [-0.25, -0.2) is 0 Å². The van der Waals surface area contributed by atoms with E-state index in [0.29, 0.717) is 19.0 Å². The fraction of sp³-hybridized carbons (Fsp3) is 0.952.